The molecule has 9 nitrogen and oxygen atoms in total. The molecule has 11 heteroatoms. The number of benzene rings is 2. The second-order valence-corrected chi connectivity index (χ2v) is 10.1. The van der Waals surface area contributed by atoms with Gasteiger partial charge < -0.3 is 25.4 Å². The third kappa shape index (κ3) is 6.51. The van der Waals surface area contributed by atoms with Crippen LogP contribution >= 0.6 is 0 Å². The second-order valence-electron chi connectivity index (χ2n) is 10.1. The van der Waals surface area contributed by atoms with E-state index in [-0.39, 0.29) is 41.9 Å². The maximum atomic E-state index is 14.4. The fraction of sp³-hybridized carbons (Fsp3) is 0.267. The molecule has 2 aromatic heterocycles. The summed E-state index contributed by atoms with van der Waals surface area (Å²) in [6.07, 6.45) is 3.54. The molecule has 1 aliphatic heterocycles. The molecule has 0 radical (unpaired) electrons. The van der Waals surface area contributed by atoms with Gasteiger partial charge in [-0.3, -0.25) is 0 Å². The van der Waals surface area contributed by atoms with E-state index in [1.807, 2.05) is 30.3 Å². The first-order valence-corrected chi connectivity index (χ1v) is 13.2. The summed E-state index contributed by atoms with van der Waals surface area (Å²) in [7, 11) is 0. The normalized spacial score (nSPS) is 16.7. The summed E-state index contributed by atoms with van der Waals surface area (Å²) >= 11 is 0. The monoisotopic (exact) mass is 560 g/mol. The zero-order valence-electron chi connectivity index (χ0n) is 22.7. The van der Waals surface area contributed by atoms with Crippen molar-refractivity contribution in [2.24, 2.45) is 5.92 Å². The number of rotatable bonds is 7. The average Bonchev–Trinajstić information content (AvgIpc) is 2.98. The number of aromatic nitrogens is 3. The summed E-state index contributed by atoms with van der Waals surface area (Å²) in [6.45, 7) is 4.75. The fourth-order valence-electron chi connectivity index (χ4n) is 4.77. The molecule has 2 aromatic carbocycles. The molecule has 5 rings (SSSR count). The first-order chi connectivity index (χ1) is 19.8. The Balaban J connectivity index is 1.30. The molecule has 1 aliphatic rings. The average molecular weight is 561 g/mol. The molecule has 0 saturated carbocycles. The Morgan fingerprint density at radius 2 is 1.90 bits per heavy atom. The van der Waals surface area contributed by atoms with Gasteiger partial charge in [0.2, 0.25) is 11.8 Å². The molecule has 41 heavy (non-hydrogen) atoms. The van der Waals surface area contributed by atoms with E-state index in [1.165, 1.54) is 13.1 Å². The van der Waals surface area contributed by atoms with Gasteiger partial charge in [0.1, 0.15) is 18.0 Å². The van der Waals surface area contributed by atoms with E-state index < -0.39 is 17.3 Å². The lowest BCUT2D eigenvalue weighted by molar-refractivity contribution is 0.0783. The van der Waals surface area contributed by atoms with Gasteiger partial charge in [0, 0.05) is 43.2 Å². The van der Waals surface area contributed by atoms with Gasteiger partial charge in [-0.25, -0.2) is 28.5 Å². The van der Waals surface area contributed by atoms with Crippen molar-refractivity contribution in [1.82, 2.24) is 19.9 Å². The highest BCUT2D eigenvalue weighted by Crippen LogP contribution is 2.35. The maximum Gasteiger partial charge on any atom is 0.410 e. The fourth-order valence-corrected chi connectivity index (χ4v) is 4.77. The number of halogens is 2. The minimum Gasteiger partial charge on any atom is -0.445 e. The second kappa shape index (κ2) is 12.2. The molecule has 212 valence electrons. The van der Waals surface area contributed by atoms with Gasteiger partial charge >= 0.3 is 6.09 Å². The van der Waals surface area contributed by atoms with Crippen molar-refractivity contribution in [3.63, 3.8) is 0 Å². The van der Waals surface area contributed by atoms with Crippen LogP contribution in [-0.4, -0.2) is 45.1 Å². The van der Waals surface area contributed by atoms with Gasteiger partial charge in [0.15, 0.2) is 11.6 Å². The molecule has 1 fully saturated rings. The quantitative estimate of drug-likeness (QED) is 0.266. The molecule has 4 aromatic rings. The van der Waals surface area contributed by atoms with E-state index in [0.29, 0.717) is 30.3 Å². The lowest BCUT2D eigenvalue weighted by Crippen LogP contribution is -2.48. The van der Waals surface area contributed by atoms with Crippen LogP contribution in [0.4, 0.5) is 25.2 Å². The molecule has 1 saturated heterocycles. The van der Waals surface area contributed by atoms with E-state index in [9.17, 15) is 13.6 Å². The number of nitrogens with two attached hydrogens (primary N) is 1. The van der Waals surface area contributed by atoms with Crippen molar-refractivity contribution >= 4 is 17.7 Å². The number of nitrogens with one attached hydrogen (secondary N) is 1. The Bertz CT molecular complexity index is 1540. The summed E-state index contributed by atoms with van der Waals surface area (Å²) in [6, 6.07) is 15.6. The van der Waals surface area contributed by atoms with E-state index in [1.54, 1.807) is 29.3 Å². The highest BCUT2D eigenvalue weighted by molar-refractivity contribution is 5.68. The molecule has 1 amide bonds. The Morgan fingerprint density at radius 1 is 1.10 bits per heavy atom. The molecule has 0 spiro atoms. The highest BCUT2D eigenvalue weighted by atomic mass is 19.1. The van der Waals surface area contributed by atoms with Crippen LogP contribution in [0.25, 0.3) is 11.3 Å². The molecule has 0 aliphatic carbocycles. The Morgan fingerprint density at radius 3 is 2.71 bits per heavy atom. The number of carbonyl (C=O) groups excluding carboxylic acids is 1. The number of amides is 1. The number of piperidine rings is 1. The van der Waals surface area contributed by atoms with Crippen molar-refractivity contribution < 1.29 is 23.0 Å². The largest absolute Gasteiger partial charge is 0.445 e. The third-order valence-corrected chi connectivity index (χ3v) is 6.82. The van der Waals surface area contributed by atoms with E-state index in [2.05, 4.69) is 27.2 Å². The predicted molar refractivity (Wildman–Crippen MR) is 150 cm³/mol. The van der Waals surface area contributed by atoms with Crippen molar-refractivity contribution in [1.29, 1.82) is 0 Å². The van der Waals surface area contributed by atoms with Gasteiger partial charge in [-0.05, 0) is 43.0 Å². The number of pyridine rings is 1. The highest BCUT2D eigenvalue weighted by Gasteiger charge is 2.29. The number of nitrogens with zero attached hydrogens (tertiary/aromatic N) is 4. The zero-order valence-corrected chi connectivity index (χ0v) is 22.7. The van der Waals surface area contributed by atoms with Gasteiger partial charge in [-0.1, -0.05) is 37.3 Å². The van der Waals surface area contributed by atoms with Crippen LogP contribution in [0.5, 0.6) is 11.6 Å². The van der Waals surface area contributed by atoms with Gasteiger partial charge in [-0.15, -0.1) is 0 Å². The molecular weight excluding hydrogens is 530 g/mol. The van der Waals surface area contributed by atoms with Crippen LogP contribution in [0.3, 0.4) is 0 Å². The number of carbonyl (C=O) groups is 1. The smallest absolute Gasteiger partial charge is 0.410 e. The van der Waals surface area contributed by atoms with Crippen molar-refractivity contribution in [2.45, 2.75) is 32.9 Å². The molecule has 2 atom stereocenters. The molecule has 0 bridgehead atoms. The van der Waals surface area contributed by atoms with Crippen molar-refractivity contribution in [3.8, 4) is 22.9 Å². The Hall–Kier alpha value is -4.80. The first-order valence-electron chi connectivity index (χ1n) is 13.2. The number of hydrogen-bond acceptors (Lipinski definition) is 8. The summed E-state index contributed by atoms with van der Waals surface area (Å²) in [4.78, 5) is 27.7. The summed E-state index contributed by atoms with van der Waals surface area (Å²) < 4.78 is 39.8. The molecular formula is C30H30F2N6O3. The van der Waals surface area contributed by atoms with Crippen LogP contribution in [0.15, 0.2) is 67.0 Å². The number of likely N-dealkylation sites (tertiary alicyclic amines) is 1. The zero-order chi connectivity index (χ0) is 28.9. The molecule has 0 unspecified atom stereocenters. The molecule has 3 heterocycles. The van der Waals surface area contributed by atoms with Crippen LogP contribution < -0.4 is 15.8 Å². The standard InChI is InChI=1S/C30H30F2N6O3/c1-18-13-21(16-38(15-18)30(39)40-17-20-7-4-3-5-8-20)36-29-35-12-10-24(37-29)22-9-6-11-34-28(22)41-25-14-23(31)27(33)26(32)19(25)2/h3-12,14,18,21H,13,15-17,33H2,1-2H3,(H,35,36,37)/t18-,21+/m1/s1. The topological polar surface area (TPSA) is 115 Å². The summed E-state index contributed by atoms with van der Waals surface area (Å²) in [5.41, 5.74) is 6.86. The number of anilines is 2. The van der Waals surface area contributed by atoms with E-state index in [4.69, 9.17) is 15.2 Å². The minimum atomic E-state index is -0.922. The lowest BCUT2D eigenvalue weighted by Gasteiger charge is -2.36. The first kappa shape index (κ1) is 27.8. The molecule has 3 N–H and O–H groups in total. The van der Waals surface area contributed by atoms with E-state index >= 15 is 0 Å². The number of hydrogen-bond donors (Lipinski definition) is 2. The van der Waals surface area contributed by atoms with Gasteiger partial charge in [0.25, 0.3) is 0 Å². The SMILES string of the molecule is Cc1c(Oc2ncccc2-c2ccnc(N[C@H]3C[C@@H](C)CN(C(=O)OCc4ccccc4)C3)n2)cc(F)c(N)c1F. The van der Waals surface area contributed by atoms with Gasteiger partial charge in [0.05, 0.1) is 11.3 Å². The summed E-state index contributed by atoms with van der Waals surface area (Å²) in [5.74, 6) is -1.15. The van der Waals surface area contributed by atoms with Crippen molar-refractivity contribution in [2.75, 3.05) is 24.1 Å². The third-order valence-electron chi connectivity index (χ3n) is 6.82. The Kier molecular flexibility index (Phi) is 8.23. The van der Waals surface area contributed by atoms with E-state index in [0.717, 1.165) is 18.1 Å². The van der Waals surface area contributed by atoms with Crippen LogP contribution in [0.1, 0.15) is 24.5 Å². The number of nitrogen functional groups attached to an aromatic ring is 1. The van der Waals surface area contributed by atoms with Crippen LogP contribution in [0, 0.1) is 24.5 Å². The summed E-state index contributed by atoms with van der Waals surface area (Å²) in [5, 5.41) is 3.33. The predicted octanol–water partition coefficient (Wildman–Crippen LogP) is 5.96. The maximum absolute atomic E-state index is 14.4. The minimum absolute atomic E-state index is 0.0445. The lowest BCUT2D eigenvalue weighted by atomic mass is 9.96. The van der Waals surface area contributed by atoms with Crippen LogP contribution in [0.2, 0.25) is 0 Å². The van der Waals surface area contributed by atoms with Crippen LogP contribution in [-0.2, 0) is 11.3 Å². The van der Waals surface area contributed by atoms with Crippen molar-refractivity contribution in [3.05, 3.63) is 89.8 Å². The van der Waals surface area contributed by atoms with Gasteiger partial charge in [-0.2, -0.15) is 0 Å². The Labute approximate surface area is 236 Å². The number of ether oxygens (including phenoxy) is 2.